The summed E-state index contributed by atoms with van der Waals surface area (Å²) in [6, 6.07) is 7.86. The van der Waals surface area contributed by atoms with Gasteiger partial charge >= 0.3 is 12.4 Å². The molecular formula is C12H12F6O2. The van der Waals surface area contributed by atoms with Crippen molar-refractivity contribution in [2.75, 3.05) is 6.61 Å². The second-order valence-corrected chi connectivity index (χ2v) is 4.05. The molecule has 8 heteroatoms. The minimum Gasteiger partial charge on any atom is -0.388 e. The summed E-state index contributed by atoms with van der Waals surface area (Å²) < 4.78 is 76.8. The molecule has 0 aliphatic carbocycles. The predicted molar refractivity (Wildman–Crippen MR) is 57.9 cm³/mol. The summed E-state index contributed by atoms with van der Waals surface area (Å²) in [6.07, 6.45) is -16.4. The summed E-state index contributed by atoms with van der Waals surface area (Å²) >= 11 is 0. The van der Waals surface area contributed by atoms with E-state index in [2.05, 4.69) is 4.74 Å². The largest absolute Gasteiger partial charge is 0.423 e. The summed E-state index contributed by atoms with van der Waals surface area (Å²) in [5.41, 5.74) is 0.395. The summed E-state index contributed by atoms with van der Waals surface area (Å²) in [5.74, 6) is 0. The van der Waals surface area contributed by atoms with Crippen LogP contribution in [0.3, 0.4) is 0 Å². The van der Waals surface area contributed by atoms with Crippen molar-refractivity contribution in [3.05, 3.63) is 35.9 Å². The fraction of sp³-hybridized carbons (Fsp3) is 0.500. The number of aliphatic hydroxyl groups is 1. The van der Waals surface area contributed by atoms with E-state index in [-0.39, 0.29) is 6.42 Å². The second-order valence-electron chi connectivity index (χ2n) is 4.05. The van der Waals surface area contributed by atoms with Crippen LogP contribution < -0.4 is 0 Å². The van der Waals surface area contributed by atoms with Crippen molar-refractivity contribution >= 4 is 0 Å². The maximum Gasteiger partial charge on any atom is 0.423 e. The van der Waals surface area contributed by atoms with Gasteiger partial charge in [0.15, 0.2) is 0 Å². The molecule has 1 aromatic rings. The van der Waals surface area contributed by atoms with Gasteiger partial charge in [-0.3, -0.25) is 0 Å². The summed E-state index contributed by atoms with van der Waals surface area (Å²) in [6.45, 7) is -0.861. The number of rotatable bonds is 5. The Balaban J connectivity index is 2.54. The lowest BCUT2D eigenvalue weighted by Gasteiger charge is -2.23. The third-order valence-electron chi connectivity index (χ3n) is 2.45. The fourth-order valence-electron chi connectivity index (χ4n) is 1.51. The normalized spacial score (nSPS) is 14.6. The van der Waals surface area contributed by atoms with Crippen molar-refractivity contribution in [2.45, 2.75) is 31.0 Å². The molecule has 0 heterocycles. The number of hydrogen-bond acceptors (Lipinski definition) is 2. The third-order valence-corrected chi connectivity index (χ3v) is 2.45. The van der Waals surface area contributed by atoms with Crippen LogP contribution in [0.15, 0.2) is 30.3 Å². The highest BCUT2D eigenvalue weighted by atomic mass is 19.4. The lowest BCUT2D eigenvalue weighted by atomic mass is 10.1. The number of benzene rings is 1. The zero-order valence-electron chi connectivity index (χ0n) is 10.1. The predicted octanol–water partition coefficient (Wildman–Crippen LogP) is 3.62. The third kappa shape index (κ3) is 5.01. The molecule has 1 atom stereocenters. The topological polar surface area (TPSA) is 29.5 Å². The standard InChI is InChI=1S/C12H12F6O2/c13-11(14,15)10(12(16,17)18)20-7-6-9(19)8-4-2-1-3-5-8/h1-5,9-10,19H,6-7H2. The lowest BCUT2D eigenvalue weighted by Crippen LogP contribution is -2.44. The molecule has 1 N–H and O–H groups in total. The highest BCUT2D eigenvalue weighted by Gasteiger charge is 2.57. The van der Waals surface area contributed by atoms with Crippen LogP contribution in [0.2, 0.25) is 0 Å². The number of hydrogen-bond donors (Lipinski definition) is 1. The monoisotopic (exact) mass is 302 g/mol. The fourth-order valence-corrected chi connectivity index (χ4v) is 1.51. The van der Waals surface area contributed by atoms with Gasteiger partial charge in [0.05, 0.1) is 12.7 Å². The van der Waals surface area contributed by atoms with Gasteiger partial charge < -0.3 is 9.84 Å². The Labute approximate surface area is 111 Å². The quantitative estimate of drug-likeness (QED) is 0.842. The Morgan fingerprint density at radius 2 is 1.45 bits per heavy atom. The number of aliphatic hydroxyl groups excluding tert-OH is 1. The lowest BCUT2D eigenvalue weighted by molar-refractivity contribution is -0.322. The molecule has 0 amide bonds. The molecule has 1 rings (SSSR count). The Bertz CT molecular complexity index is 387. The minimum atomic E-state index is -5.53. The molecular weight excluding hydrogens is 290 g/mol. The van der Waals surface area contributed by atoms with Crippen molar-refractivity contribution in [2.24, 2.45) is 0 Å². The zero-order valence-corrected chi connectivity index (χ0v) is 10.1. The van der Waals surface area contributed by atoms with Crippen molar-refractivity contribution in [3.63, 3.8) is 0 Å². The molecule has 0 fully saturated rings. The SMILES string of the molecule is OC(CCOC(C(F)(F)F)C(F)(F)F)c1ccccc1. The van der Waals surface area contributed by atoms with Gasteiger partial charge in [-0.1, -0.05) is 30.3 Å². The second kappa shape index (κ2) is 6.45. The first kappa shape index (κ1) is 16.8. The van der Waals surface area contributed by atoms with Gasteiger partial charge in [0.2, 0.25) is 6.10 Å². The van der Waals surface area contributed by atoms with Gasteiger partial charge in [0.1, 0.15) is 0 Å². The molecule has 0 aromatic heterocycles. The van der Waals surface area contributed by atoms with Crippen LogP contribution in [0.25, 0.3) is 0 Å². The first-order chi connectivity index (χ1) is 9.12. The molecule has 0 aliphatic rings. The highest BCUT2D eigenvalue weighted by molar-refractivity contribution is 5.17. The molecule has 0 bridgehead atoms. The van der Waals surface area contributed by atoms with Crippen LogP contribution >= 0.6 is 0 Å². The first-order valence-electron chi connectivity index (χ1n) is 5.60. The van der Waals surface area contributed by atoms with Crippen molar-refractivity contribution < 1.29 is 36.2 Å². The van der Waals surface area contributed by atoms with Crippen molar-refractivity contribution in [1.82, 2.24) is 0 Å². The van der Waals surface area contributed by atoms with Crippen LogP contribution in [0.4, 0.5) is 26.3 Å². The molecule has 1 aromatic carbocycles. The van der Waals surface area contributed by atoms with E-state index >= 15 is 0 Å². The Morgan fingerprint density at radius 3 is 1.90 bits per heavy atom. The molecule has 0 saturated carbocycles. The zero-order chi connectivity index (χ0) is 15.4. The van der Waals surface area contributed by atoms with E-state index in [9.17, 15) is 31.4 Å². The Kier molecular flexibility index (Phi) is 5.41. The van der Waals surface area contributed by atoms with E-state index in [0.717, 1.165) is 0 Å². The maximum atomic E-state index is 12.2. The highest BCUT2D eigenvalue weighted by Crippen LogP contribution is 2.35. The molecule has 2 nitrogen and oxygen atoms in total. The molecule has 0 spiro atoms. The average Bonchev–Trinajstić information content (AvgIpc) is 2.32. The number of halogens is 6. The number of alkyl halides is 6. The summed E-state index contributed by atoms with van der Waals surface area (Å²) in [5, 5.41) is 9.60. The molecule has 0 radical (unpaired) electrons. The number of ether oxygens (including phenoxy) is 1. The Hall–Kier alpha value is -1.28. The minimum absolute atomic E-state index is 0.368. The van der Waals surface area contributed by atoms with E-state index in [0.29, 0.717) is 5.56 Å². The van der Waals surface area contributed by atoms with Crippen LogP contribution in [-0.4, -0.2) is 30.2 Å². The van der Waals surface area contributed by atoms with Crippen LogP contribution in [0, 0.1) is 0 Å². The van der Waals surface area contributed by atoms with Gasteiger partial charge in [0.25, 0.3) is 0 Å². The summed E-state index contributed by atoms with van der Waals surface area (Å²) in [7, 11) is 0. The van der Waals surface area contributed by atoms with Gasteiger partial charge in [-0.05, 0) is 5.56 Å². The van der Waals surface area contributed by atoms with E-state index < -0.39 is 31.2 Å². The van der Waals surface area contributed by atoms with Crippen molar-refractivity contribution in [1.29, 1.82) is 0 Å². The van der Waals surface area contributed by atoms with Crippen LogP contribution in [0.5, 0.6) is 0 Å². The van der Waals surface area contributed by atoms with E-state index in [1.807, 2.05) is 0 Å². The smallest absolute Gasteiger partial charge is 0.388 e. The van der Waals surface area contributed by atoms with Gasteiger partial charge in [-0.15, -0.1) is 0 Å². The molecule has 1 unspecified atom stereocenters. The molecule has 20 heavy (non-hydrogen) atoms. The Morgan fingerprint density at radius 1 is 0.950 bits per heavy atom. The van der Waals surface area contributed by atoms with Crippen LogP contribution in [0.1, 0.15) is 18.1 Å². The van der Waals surface area contributed by atoms with Crippen molar-refractivity contribution in [3.8, 4) is 0 Å². The van der Waals surface area contributed by atoms with E-state index in [1.165, 1.54) is 12.1 Å². The van der Waals surface area contributed by atoms with E-state index in [4.69, 9.17) is 0 Å². The summed E-state index contributed by atoms with van der Waals surface area (Å²) in [4.78, 5) is 0. The van der Waals surface area contributed by atoms with E-state index in [1.54, 1.807) is 18.2 Å². The average molecular weight is 302 g/mol. The van der Waals surface area contributed by atoms with Gasteiger partial charge in [0, 0.05) is 6.42 Å². The maximum absolute atomic E-state index is 12.2. The van der Waals surface area contributed by atoms with Crippen LogP contribution in [-0.2, 0) is 4.74 Å². The first-order valence-corrected chi connectivity index (χ1v) is 5.60. The molecule has 114 valence electrons. The molecule has 0 aliphatic heterocycles. The molecule has 0 saturated heterocycles. The van der Waals surface area contributed by atoms with Gasteiger partial charge in [-0.2, -0.15) is 26.3 Å². The van der Waals surface area contributed by atoms with Gasteiger partial charge in [-0.25, -0.2) is 0 Å².